The van der Waals surface area contributed by atoms with Crippen LogP contribution in [0.4, 0.5) is 11.8 Å². The van der Waals surface area contributed by atoms with Crippen LogP contribution in [0.15, 0.2) is 41.4 Å². The highest BCUT2D eigenvalue weighted by Crippen LogP contribution is 2.16. The highest BCUT2D eigenvalue weighted by atomic mass is 15.4. The summed E-state index contributed by atoms with van der Waals surface area (Å²) in [5.74, 6) is 2.03. The van der Waals surface area contributed by atoms with Crippen LogP contribution in [0.1, 0.15) is 38.4 Å². The molecule has 0 radical (unpaired) electrons. The lowest BCUT2D eigenvalue weighted by Crippen LogP contribution is -2.36. The Morgan fingerprint density at radius 2 is 1.92 bits per heavy atom. The second-order valence-electron chi connectivity index (χ2n) is 5.48. The number of aliphatic imine (C=N–C) groups is 1. The maximum atomic E-state index is 4.57. The Morgan fingerprint density at radius 3 is 2.62 bits per heavy atom. The summed E-state index contributed by atoms with van der Waals surface area (Å²) in [6.45, 7) is 7.71. The number of hydrogen-bond acceptors (Lipinski definition) is 5. The molecule has 0 aliphatic carbocycles. The van der Waals surface area contributed by atoms with Crippen molar-refractivity contribution in [1.82, 2.24) is 20.8 Å². The molecule has 1 aromatic carbocycles. The number of benzene rings is 1. The number of nitrogens with one attached hydrogen (secondary N) is 3. The van der Waals surface area contributed by atoms with Crippen molar-refractivity contribution in [2.24, 2.45) is 4.99 Å². The minimum Gasteiger partial charge on any atom is -0.354 e. The first-order chi connectivity index (χ1) is 11.7. The monoisotopic (exact) mass is 326 g/mol. The minimum atomic E-state index is 0.610. The zero-order chi connectivity index (χ0) is 17.2. The molecule has 0 saturated heterocycles. The van der Waals surface area contributed by atoms with Crippen LogP contribution < -0.4 is 16.2 Å². The molecule has 1 aromatic heterocycles. The third kappa shape index (κ3) is 5.96. The number of nitrogens with zero attached hydrogens (tertiary/aromatic N) is 3. The fourth-order valence-electron chi connectivity index (χ4n) is 2.19. The zero-order valence-electron chi connectivity index (χ0n) is 14.6. The van der Waals surface area contributed by atoms with E-state index in [2.05, 4.69) is 50.2 Å². The summed E-state index contributed by atoms with van der Waals surface area (Å²) in [5.41, 5.74) is 8.34. The largest absolute Gasteiger partial charge is 0.354 e. The van der Waals surface area contributed by atoms with Crippen molar-refractivity contribution in [3.63, 3.8) is 0 Å². The molecule has 0 amide bonds. The molecule has 6 heteroatoms. The van der Waals surface area contributed by atoms with E-state index in [0.717, 1.165) is 37.5 Å². The molecule has 0 fully saturated rings. The van der Waals surface area contributed by atoms with Gasteiger partial charge in [-0.15, -0.1) is 0 Å². The molecule has 0 saturated carbocycles. The van der Waals surface area contributed by atoms with E-state index in [0.29, 0.717) is 11.8 Å². The van der Waals surface area contributed by atoms with Gasteiger partial charge in [-0.25, -0.2) is 15.4 Å². The summed E-state index contributed by atoms with van der Waals surface area (Å²) in [6.07, 6.45) is 1.81. The molecule has 0 unspecified atom stereocenters. The number of anilines is 1. The van der Waals surface area contributed by atoms with E-state index >= 15 is 0 Å². The molecule has 24 heavy (non-hydrogen) atoms. The van der Waals surface area contributed by atoms with Crippen LogP contribution in [0.2, 0.25) is 0 Å². The van der Waals surface area contributed by atoms with E-state index in [-0.39, 0.29) is 0 Å². The Hall–Kier alpha value is -2.47. The number of amidine groups is 1. The molecule has 6 nitrogen and oxygen atoms in total. The Bertz CT molecular complexity index is 654. The van der Waals surface area contributed by atoms with E-state index in [1.54, 1.807) is 0 Å². The number of hydrogen-bond donors (Lipinski definition) is 3. The molecule has 128 valence electrons. The van der Waals surface area contributed by atoms with Gasteiger partial charge in [0.2, 0.25) is 5.95 Å². The second-order valence-corrected chi connectivity index (χ2v) is 5.48. The van der Waals surface area contributed by atoms with Gasteiger partial charge >= 0.3 is 0 Å². The van der Waals surface area contributed by atoms with E-state index in [9.17, 15) is 0 Å². The van der Waals surface area contributed by atoms with Crippen LogP contribution in [0.3, 0.4) is 0 Å². The van der Waals surface area contributed by atoms with Gasteiger partial charge in [0.25, 0.3) is 0 Å². The van der Waals surface area contributed by atoms with Crippen molar-refractivity contribution in [3.8, 4) is 0 Å². The molecule has 2 rings (SSSR count). The smallest absolute Gasteiger partial charge is 0.224 e. The van der Waals surface area contributed by atoms with Crippen molar-refractivity contribution >= 4 is 17.6 Å². The first-order valence-corrected chi connectivity index (χ1v) is 8.41. The van der Waals surface area contributed by atoms with Crippen molar-refractivity contribution in [2.45, 2.75) is 33.6 Å². The van der Waals surface area contributed by atoms with Crippen LogP contribution in [0.5, 0.6) is 0 Å². The lowest BCUT2D eigenvalue weighted by Gasteiger charge is -2.09. The standard InChI is InChI=1S/C18H26N6/c1-4-11-20-24-14(3)21-17-13-16(22-18(23-17)19-5-2)12-15-9-7-6-8-10-15/h6-10,13,20H,4-5,11-12H2,1-3H3,(H2,19,21,22,23,24). The first kappa shape index (κ1) is 17.9. The predicted molar refractivity (Wildman–Crippen MR) is 99.6 cm³/mol. The van der Waals surface area contributed by atoms with Gasteiger partial charge in [0.05, 0.1) is 5.69 Å². The van der Waals surface area contributed by atoms with Crippen LogP contribution in [0, 0.1) is 0 Å². The molecular weight excluding hydrogens is 300 g/mol. The molecule has 0 bridgehead atoms. The van der Waals surface area contributed by atoms with Gasteiger partial charge in [0, 0.05) is 25.6 Å². The van der Waals surface area contributed by atoms with Crippen molar-refractivity contribution < 1.29 is 0 Å². The lowest BCUT2D eigenvalue weighted by atomic mass is 10.1. The van der Waals surface area contributed by atoms with E-state index < -0.39 is 0 Å². The molecule has 2 aromatic rings. The quantitative estimate of drug-likeness (QED) is 0.301. The van der Waals surface area contributed by atoms with E-state index in [1.807, 2.05) is 38.1 Å². The van der Waals surface area contributed by atoms with Crippen LogP contribution in [0.25, 0.3) is 0 Å². The molecule has 0 spiro atoms. The first-order valence-electron chi connectivity index (χ1n) is 8.41. The van der Waals surface area contributed by atoms with E-state index in [1.165, 1.54) is 5.56 Å². The molecular formula is C18H26N6. The maximum Gasteiger partial charge on any atom is 0.224 e. The second kappa shape index (κ2) is 9.62. The normalized spacial score (nSPS) is 11.4. The maximum absolute atomic E-state index is 4.57. The topological polar surface area (TPSA) is 74.2 Å². The molecule has 0 atom stereocenters. The summed E-state index contributed by atoms with van der Waals surface area (Å²) in [4.78, 5) is 13.6. The van der Waals surface area contributed by atoms with Crippen molar-refractivity contribution in [2.75, 3.05) is 18.4 Å². The van der Waals surface area contributed by atoms with Gasteiger partial charge in [-0.3, -0.25) is 0 Å². The van der Waals surface area contributed by atoms with Crippen molar-refractivity contribution in [1.29, 1.82) is 0 Å². The van der Waals surface area contributed by atoms with Gasteiger partial charge in [0.1, 0.15) is 5.84 Å². The highest BCUT2D eigenvalue weighted by Gasteiger charge is 2.05. The minimum absolute atomic E-state index is 0.610. The Labute approximate surface area is 143 Å². The van der Waals surface area contributed by atoms with Gasteiger partial charge in [-0.1, -0.05) is 37.3 Å². The average molecular weight is 326 g/mol. The van der Waals surface area contributed by atoms with Crippen LogP contribution in [-0.4, -0.2) is 28.9 Å². The number of hydrazine groups is 1. The SMILES string of the molecule is CCCNNC(C)=Nc1cc(Cc2ccccc2)nc(NCC)n1. The molecule has 1 heterocycles. The molecule has 0 aliphatic rings. The fraction of sp³-hybridized carbons (Fsp3) is 0.389. The molecule has 3 N–H and O–H groups in total. The van der Waals surface area contributed by atoms with Crippen LogP contribution >= 0.6 is 0 Å². The molecule has 0 aliphatic heterocycles. The Balaban J connectivity index is 2.19. The van der Waals surface area contributed by atoms with Gasteiger partial charge in [-0.2, -0.15) is 4.98 Å². The van der Waals surface area contributed by atoms with Gasteiger partial charge in [-0.05, 0) is 25.8 Å². The third-order valence-electron chi connectivity index (χ3n) is 3.26. The number of aromatic nitrogens is 2. The van der Waals surface area contributed by atoms with Crippen molar-refractivity contribution in [3.05, 3.63) is 47.7 Å². The van der Waals surface area contributed by atoms with E-state index in [4.69, 9.17) is 0 Å². The average Bonchev–Trinajstić information content (AvgIpc) is 2.56. The summed E-state index contributed by atoms with van der Waals surface area (Å²) >= 11 is 0. The van der Waals surface area contributed by atoms with Crippen LogP contribution in [-0.2, 0) is 6.42 Å². The van der Waals surface area contributed by atoms with Gasteiger partial charge in [0.15, 0.2) is 5.82 Å². The summed E-state index contributed by atoms with van der Waals surface area (Å²) in [5, 5.41) is 3.17. The number of rotatable bonds is 8. The summed E-state index contributed by atoms with van der Waals surface area (Å²) in [7, 11) is 0. The third-order valence-corrected chi connectivity index (χ3v) is 3.26. The van der Waals surface area contributed by atoms with Gasteiger partial charge < -0.3 is 10.7 Å². The summed E-state index contributed by atoms with van der Waals surface area (Å²) < 4.78 is 0. The lowest BCUT2D eigenvalue weighted by molar-refractivity contribution is 0.639. The Kier molecular flexibility index (Phi) is 7.17. The zero-order valence-corrected chi connectivity index (χ0v) is 14.6. The Morgan fingerprint density at radius 1 is 1.12 bits per heavy atom. The highest BCUT2D eigenvalue weighted by molar-refractivity contribution is 5.81. The predicted octanol–water partition coefficient (Wildman–Crippen LogP) is 3.05. The fourth-order valence-corrected chi connectivity index (χ4v) is 2.19. The summed E-state index contributed by atoms with van der Waals surface area (Å²) in [6, 6.07) is 12.2.